The fourth-order valence-corrected chi connectivity index (χ4v) is 1.18. The molecule has 0 aliphatic heterocycles. The molecular formula is C11H9N3. The molecule has 0 aromatic carbocycles. The van der Waals surface area contributed by atoms with Gasteiger partial charge in [0, 0.05) is 18.6 Å². The molecule has 0 bridgehead atoms. The first-order valence-electron chi connectivity index (χ1n) is 4.27. The van der Waals surface area contributed by atoms with Crippen LogP contribution in [0, 0.1) is 12.3 Å². The molecule has 0 fully saturated rings. The van der Waals surface area contributed by atoms with Crippen LogP contribution in [0.1, 0.15) is 11.3 Å². The zero-order valence-corrected chi connectivity index (χ0v) is 7.59. The van der Waals surface area contributed by atoms with Gasteiger partial charge in [0.05, 0.1) is 6.54 Å². The molecule has 0 aliphatic rings. The Morgan fingerprint density at radius 2 is 2.36 bits per heavy atom. The molecule has 68 valence electrons. The summed E-state index contributed by atoms with van der Waals surface area (Å²) in [5.41, 5.74) is 1.75. The molecule has 0 saturated heterocycles. The van der Waals surface area contributed by atoms with E-state index in [-0.39, 0.29) is 0 Å². The Morgan fingerprint density at radius 1 is 1.43 bits per heavy atom. The predicted molar refractivity (Wildman–Crippen MR) is 53.5 cm³/mol. The highest BCUT2D eigenvalue weighted by atomic mass is 15.3. The van der Waals surface area contributed by atoms with Crippen LogP contribution in [-0.4, -0.2) is 14.8 Å². The lowest BCUT2D eigenvalue weighted by Gasteiger charge is -2.00. The molecule has 0 spiro atoms. The lowest BCUT2D eigenvalue weighted by Crippen LogP contribution is -2.00. The number of rotatable bonds is 2. The largest absolute Gasteiger partial charge is 0.268 e. The summed E-state index contributed by atoms with van der Waals surface area (Å²) in [4.78, 5) is 4.10. The fraction of sp³-hybridized carbons (Fsp3) is 0.0909. The summed E-state index contributed by atoms with van der Waals surface area (Å²) >= 11 is 0. The summed E-state index contributed by atoms with van der Waals surface area (Å²) in [5, 5.41) is 4.10. The summed E-state index contributed by atoms with van der Waals surface area (Å²) in [5.74, 6) is 2.48. The molecule has 0 unspecified atom stereocenters. The topological polar surface area (TPSA) is 30.7 Å². The lowest BCUT2D eigenvalue weighted by molar-refractivity contribution is 0.685. The zero-order valence-electron chi connectivity index (χ0n) is 7.59. The van der Waals surface area contributed by atoms with Crippen LogP contribution in [0.15, 0.2) is 36.8 Å². The van der Waals surface area contributed by atoms with Crippen LogP contribution in [0.25, 0.3) is 0 Å². The standard InChI is InChI=1S/C11H9N3/c1-2-11-5-4-10(8-12-11)9-14-7-3-6-13-14/h1,3-8H,9H2. The minimum atomic E-state index is 0.661. The summed E-state index contributed by atoms with van der Waals surface area (Å²) in [7, 11) is 0. The van der Waals surface area contributed by atoms with Crippen LogP contribution < -0.4 is 0 Å². The highest BCUT2D eigenvalue weighted by Crippen LogP contribution is 2.01. The molecular weight excluding hydrogens is 174 g/mol. The summed E-state index contributed by atoms with van der Waals surface area (Å²) in [6, 6.07) is 5.69. The molecule has 0 radical (unpaired) electrons. The summed E-state index contributed by atoms with van der Waals surface area (Å²) < 4.78 is 1.84. The second kappa shape index (κ2) is 3.75. The first-order valence-corrected chi connectivity index (χ1v) is 4.27. The van der Waals surface area contributed by atoms with Gasteiger partial charge in [-0.1, -0.05) is 12.0 Å². The lowest BCUT2D eigenvalue weighted by atomic mass is 10.2. The molecule has 2 aromatic heterocycles. The quantitative estimate of drug-likeness (QED) is 0.657. The SMILES string of the molecule is C#Cc1ccc(Cn2cccn2)cn1. The predicted octanol–water partition coefficient (Wildman–Crippen LogP) is 1.31. The fourth-order valence-electron chi connectivity index (χ4n) is 1.18. The second-order valence-electron chi connectivity index (χ2n) is 2.90. The van der Waals surface area contributed by atoms with Gasteiger partial charge in [-0.25, -0.2) is 4.98 Å². The molecule has 3 heteroatoms. The molecule has 3 nitrogen and oxygen atoms in total. The van der Waals surface area contributed by atoms with Crippen molar-refractivity contribution >= 4 is 0 Å². The molecule has 2 rings (SSSR count). The van der Waals surface area contributed by atoms with Gasteiger partial charge in [0.2, 0.25) is 0 Å². The van der Waals surface area contributed by atoms with Crippen LogP contribution in [-0.2, 0) is 6.54 Å². The average Bonchev–Trinajstić information content (AvgIpc) is 2.72. The highest BCUT2D eigenvalue weighted by Gasteiger charge is 1.95. The maximum absolute atomic E-state index is 5.21. The van der Waals surface area contributed by atoms with Crippen LogP contribution in [0.3, 0.4) is 0 Å². The van der Waals surface area contributed by atoms with E-state index in [1.807, 2.05) is 29.1 Å². The number of pyridine rings is 1. The number of nitrogens with zero attached hydrogens (tertiary/aromatic N) is 3. The van der Waals surface area contributed by atoms with Gasteiger partial charge >= 0.3 is 0 Å². The van der Waals surface area contributed by atoms with Crippen molar-refractivity contribution in [3.05, 3.63) is 48.0 Å². The molecule has 0 saturated carbocycles. The second-order valence-corrected chi connectivity index (χ2v) is 2.90. The van der Waals surface area contributed by atoms with Gasteiger partial charge in [-0.2, -0.15) is 5.10 Å². The Labute approximate surface area is 82.4 Å². The third kappa shape index (κ3) is 1.80. The van der Waals surface area contributed by atoms with E-state index in [1.165, 1.54) is 0 Å². The van der Waals surface area contributed by atoms with E-state index in [0.717, 1.165) is 12.1 Å². The van der Waals surface area contributed by atoms with Crippen molar-refractivity contribution in [2.24, 2.45) is 0 Å². The van der Waals surface area contributed by atoms with Crippen LogP contribution in [0.4, 0.5) is 0 Å². The smallest absolute Gasteiger partial charge is 0.112 e. The van der Waals surface area contributed by atoms with Crippen LogP contribution in [0.2, 0.25) is 0 Å². The van der Waals surface area contributed by atoms with Crippen molar-refractivity contribution in [1.29, 1.82) is 0 Å². The molecule has 0 N–H and O–H groups in total. The Hall–Kier alpha value is -2.08. The van der Waals surface area contributed by atoms with Gasteiger partial charge in [0.25, 0.3) is 0 Å². The Bertz CT molecular complexity index is 434. The van der Waals surface area contributed by atoms with Crippen molar-refractivity contribution in [3.8, 4) is 12.3 Å². The Kier molecular flexibility index (Phi) is 2.28. The minimum Gasteiger partial charge on any atom is -0.268 e. The van der Waals surface area contributed by atoms with Gasteiger partial charge in [-0.15, -0.1) is 6.42 Å². The van der Waals surface area contributed by atoms with E-state index >= 15 is 0 Å². The molecule has 0 aliphatic carbocycles. The van der Waals surface area contributed by atoms with Gasteiger partial charge < -0.3 is 0 Å². The van der Waals surface area contributed by atoms with E-state index in [4.69, 9.17) is 6.42 Å². The molecule has 14 heavy (non-hydrogen) atoms. The first-order chi connectivity index (χ1) is 6.88. The zero-order chi connectivity index (χ0) is 9.80. The summed E-state index contributed by atoms with van der Waals surface area (Å²) in [6.45, 7) is 0.727. The monoisotopic (exact) mass is 183 g/mol. The third-order valence-corrected chi connectivity index (χ3v) is 1.88. The van der Waals surface area contributed by atoms with Gasteiger partial charge in [0.15, 0.2) is 0 Å². The van der Waals surface area contributed by atoms with Gasteiger partial charge in [-0.3, -0.25) is 4.68 Å². The van der Waals surface area contributed by atoms with E-state index in [1.54, 1.807) is 12.4 Å². The van der Waals surface area contributed by atoms with E-state index in [2.05, 4.69) is 16.0 Å². The minimum absolute atomic E-state index is 0.661. The maximum Gasteiger partial charge on any atom is 0.112 e. The summed E-state index contributed by atoms with van der Waals surface area (Å²) in [6.07, 6.45) is 10.6. The number of aromatic nitrogens is 3. The molecule has 0 amide bonds. The third-order valence-electron chi connectivity index (χ3n) is 1.88. The molecule has 2 heterocycles. The van der Waals surface area contributed by atoms with E-state index in [9.17, 15) is 0 Å². The average molecular weight is 183 g/mol. The van der Waals surface area contributed by atoms with Crippen LogP contribution in [0.5, 0.6) is 0 Å². The van der Waals surface area contributed by atoms with Gasteiger partial charge in [0.1, 0.15) is 5.69 Å². The highest BCUT2D eigenvalue weighted by molar-refractivity contribution is 5.26. The first kappa shape index (κ1) is 8.52. The van der Waals surface area contributed by atoms with Crippen molar-refractivity contribution in [2.75, 3.05) is 0 Å². The van der Waals surface area contributed by atoms with E-state index < -0.39 is 0 Å². The van der Waals surface area contributed by atoms with Gasteiger partial charge in [-0.05, 0) is 17.7 Å². The Balaban J connectivity index is 2.15. The van der Waals surface area contributed by atoms with Crippen LogP contribution >= 0.6 is 0 Å². The van der Waals surface area contributed by atoms with E-state index in [0.29, 0.717) is 5.69 Å². The number of hydrogen-bond acceptors (Lipinski definition) is 2. The maximum atomic E-state index is 5.21. The number of hydrogen-bond donors (Lipinski definition) is 0. The Morgan fingerprint density at radius 3 is 2.93 bits per heavy atom. The van der Waals surface area contributed by atoms with Crippen molar-refractivity contribution in [3.63, 3.8) is 0 Å². The normalized spacial score (nSPS) is 9.64. The van der Waals surface area contributed by atoms with Crippen molar-refractivity contribution in [2.45, 2.75) is 6.54 Å². The van der Waals surface area contributed by atoms with Crippen molar-refractivity contribution in [1.82, 2.24) is 14.8 Å². The van der Waals surface area contributed by atoms with Crippen molar-refractivity contribution < 1.29 is 0 Å². The molecule has 0 atom stereocenters. The number of terminal acetylenes is 1. The molecule has 2 aromatic rings.